The number of benzene rings is 1. The van der Waals surface area contributed by atoms with E-state index in [2.05, 4.69) is 30.3 Å². The molecule has 96 valence electrons. The van der Waals surface area contributed by atoms with Gasteiger partial charge < -0.3 is 5.73 Å². The Balaban J connectivity index is 1.63. The van der Waals surface area contributed by atoms with Gasteiger partial charge in [0, 0.05) is 5.54 Å². The van der Waals surface area contributed by atoms with Gasteiger partial charge >= 0.3 is 0 Å². The predicted molar refractivity (Wildman–Crippen MR) is 74.1 cm³/mol. The lowest BCUT2D eigenvalue weighted by Crippen LogP contribution is -2.64. The molecule has 4 fully saturated rings. The maximum Gasteiger partial charge on any atom is 0.0252 e. The van der Waals surface area contributed by atoms with Gasteiger partial charge in [-0.05, 0) is 67.8 Å². The Morgan fingerprint density at radius 3 is 2.00 bits per heavy atom. The molecule has 2 N–H and O–H groups in total. The monoisotopic (exact) mass is 241 g/mol. The van der Waals surface area contributed by atoms with Crippen molar-refractivity contribution >= 4 is 0 Å². The first kappa shape index (κ1) is 11.0. The Morgan fingerprint density at radius 2 is 1.44 bits per heavy atom. The zero-order valence-corrected chi connectivity index (χ0v) is 11.0. The third kappa shape index (κ3) is 1.56. The molecule has 0 radical (unpaired) electrons. The normalized spacial score (nSPS) is 45.4. The maximum atomic E-state index is 6.92. The Hall–Kier alpha value is -0.820. The van der Waals surface area contributed by atoms with E-state index in [0.29, 0.717) is 0 Å². The topological polar surface area (TPSA) is 26.0 Å². The highest BCUT2D eigenvalue weighted by molar-refractivity contribution is 5.21. The van der Waals surface area contributed by atoms with Crippen molar-refractivity contribution in [2.75, 3.05) is 0 Å². The molecule has 1 aromatic carbocycles. The van der Waals surface area contributed by atoms with Crippen molar-refractivity contribution in [1.29, 1.82) is 0 Å². The summed E-state index contributed by atoms with van der Waals surface area (Å²) in [5.41, 5.74) is 8.47. The van der Waals surface area contributed by atoms with Gasteiger partial charge in [-0.2, -0.15) is 0 Å². The molecule has 0 heterocycles. The number of rotatable bonds is 2. The molecular formula is C17H23N. The van der Waals surface area contributed by atoms with Gasteiger partial charge in [0.2, 0.25) is 0 Å². The number of hydrogen-bond donors (Lipinski definition) is 1. The fraction of sp³-hybridized carbons (Fsp3) is 0.647. The highest BCUT2D eigenvalue weighted by atomic mass is 14.8. The Bertz CT molecular complexity index is 408. The van der Waals surface area contributed by atoms with E-state index in [0.717, 1.165) is 30.1 Å². The zero-order valence-electron chi connectivity index (χ0n) is 11.0. The molecule has 4 saturated carbocycles. The van der Waals surface area contributed by atoms with Gasteiger partial charge in [-0.25, -0.2) is 0 Å². The molecule has 0 aliphatic heterocycles. The lowest BCUT2D eigenvalue weighted by atomic mass is 9.48. The van der Waals surface area contributed by atoms with Gasteiger partial charge in [0.05, 0.1) is 0 Å². The predicted octanol–water partition coefficient (Wildman–Crippen LogP) is 3.38. The van der Waals surface area contributed by atoms with Crippen LogP contribution in [0.5, 0.6) is 0 Å². The van der Waals surface area contributed by atoms with Crippen LogP contribution in [0, 0.1) is 23.7 Å². The summed E-state index contributed by atoms with van der Waals surface area (Å²) in [6, 6.07) is 10.9. The average molecular weight is 241 g/mol. The minimum Gasteiger partial charge on any atom is -0.324 e. The van der Waals surface area contributed by atoms with E-state index in [9.17, 15) is 0 Å². The molecule has 0 atom stereocenters. The van der Waals surface area contributed by atoms with E-state index < -0.39 is 0 Å². The minimum absolute atomic E-state index is 0.106. The van der Waals surface area contributed by atoms with Crippen molar-refractivity contribution < 1.29 is 0 Å². The van der Waals surface area contributed by atoms with Crippen LogP contribution in [0.2, 0.25) is 0 Å². The van der Waals surface area contributed by atoms with Crippen LogP contribution >= 0.6 is 0 Å². The molecule has 18 heavy (non-hydrogen) atoms. The van der Waals surface area contributed by atoms with Crippen LogP contribution in [-0.4, -0.2) is 5.54 Å². The molecule has 4 aliphatic rings. The summed E-state index contributed by atoms with van der Waals surface area (Å²) >= 11 is 0. The standard InChI is InChI=1S/C17H23N/c18-17(11-12-4-2-1-3-5-12)15-7-13-6-14(9-15)10-16(17)8-13/h1-5,13-16H,6-11,18H2/t13-,14-,15-,16+,17?. The van der Waals surface area contributed by atoms with Gasteiger partial charge in [-0.1, -0.05) is 30.3 Å². The van der Waals surface area contributed by atoms with Crippen molar-refractivity contribution in [2.45, 2.75) is 44.1 Å². The Kier molecular flexibility index (Phi) is 2.35. The first-order valence-corrected chi connectivity index (χ1v) is 7.57. The summed E-state index contributed by atoms with van der Waals surface area (Å²) in [6.45, 7) is 0. The lowest BCUT2D eigenvalue weighted by Gasteiger charge is -2.60. The van der Waals surface area contributed by atoms with Gasteiger partial charge in [-0.15, -0.1) is 0 Å². The molecule has 0 aromatic heterocycles. The SMILES string of the molecule is NC1(Cc2ccccc2)[C@H]2C[C@H]3C[C@H](C2)C[C@H]1C3. The number of hydrogen-bond acceptors (Lipinski definition) is 1. The van der Waals surface area contributed by atoms with Crippen molar-refractivity contribution in [3.8, 4) is 0 Å². The average Bonchev–Trinajstić information content (AvgIpc) is 2.37. The van der Waals surface area contributed by atoms with Gasteiger partial charge in [0.1, 0.15) is 0 Å². The van der Waals surface area contributed by atoms with E-state index >= 15 is 0 Å². The molecule has 4 bridgehead atoms. The van der Waals surface area contributed by atoms with Crippen LogP contribution < -0.4 is 5.73 Å². The zero-order chi connectivity index (χ0) is 12.2. The molecule has 0 spiro atoms. The molecule has 1 nitrogen and oxygen atoms in total. The minimum atomic E-state index is 0.106. The van der Waals surface area contributed by atoms with Gasteiger partial charge in [0.25, 0.3) is 0 Å². The van der Waals surface area contributed by atoms with E-state index in [-0.39, 0.29) is 5.54 Å². The highest BCUT2D eigenvalue weighted by Crippen LogP contribution is 2.58. The molecule has 1 aromatic rings. The summed E-state index contributed by atoms with van der Waals surface area (Å²) in [5.74, 6) is 3.63. The number of nitrogens with two attached hydrogens (primary N) is 1. The molecule has 5 rings (SSSR count). The fourth-order valence-electron chi connectivity index (χ4n) is 5.30. The quantitative estimate of drug-likeness (QED) is 0.844. The van der Waals surface area contributed by atoms with Gasteiger partial charge in [-0.3, -0.25) is 0 Å². The Morgan fingerprint density at radius 1 is 0.889 bits per heavy atom. The lowest BCUT2D eigenvalue weighted by molar-refractivity contribution is -0.0548. The van der Waals surface area contributed by atoms with Gasteiger partial charge in [0.15, 0.2) is 0 Å². The van der Waals surface area contributed by atoms with Crippen LogP contribution in [-0.2, 0) is 6.42 Å². The maximum absolute atomic E-state index is 6.92. The molecule has 0 saturated heterocycles. The molecule has 4 aliphatic carbocycles. The van der Waals surface area contributed by atoms with Crippen LogP contribution in [0.15, 0.2) is 30.3 Å². The van der Waals surface area contributed by atoms with E-state index in [1.54, 1.807) is 0 Å². The second-order valence-corrected chi connectivity index (χ2v) is 7.08. The fourth-order valence-corrected chi connectivity index (χ4v) is 5.30. The van der Waals surface area contributed by atoms with Crippen LogP contribution in [0.25, 0.3) is 0 Å². The third-order valence-corrected chi connectivity index (χ3v) is 6.01. The van der Waals surface area contributed by atoms with Crippen LogP contribution in [0.4, 0.5) is 0 Å². The second kappa shape index (κ2) is 3.84. The van der Waals surface area contributed by atoms with E-state index in [1.165, 1.54) is 37.7 Å². The van der Waals surface area contributed by atoms with Crippen molar-refractivity contribution in [3.05, 3.63) is 35.9 Å². The highest BCUT2D eigenvalue weighted by Gasteiger charge is 2.54. The molecular weight excluding hydrogens is 218 g/mol. The van der Waals surface area contributed by atoms with Crippen LogP contribution in [0.1, 0.15) is 37.7 Å². The summed E-state index contributed by atoms with van der Waals surface area (Å²) in [6.07, 6.45) is 8.26. The first-order valence-electron chi connectivity index (χ1n) is 7.57. The second-order valence-electron chi connectivity index (χ2n) is 7.08. The van der Waals surface area contributed by atoms with Crippen molar-refractivity contribution in [1.82, 2.24) is 0 Å². The third-order valence-electron chi connectivity index (χ3n) is 6.01. The summed E-state index contributed by atoms with van der Waals surface area (Å²) < 4.78 is 0. The Labute approximate surface area is 110 Å². The smallest absolute Gasteiger partial charge is 0.0252 e. The molecule has 0 unspecified atom stereocenters. The molecule has 0 amide bonds. The van der Waals surface area contributed by atoms with Crippen molar-refractivity contribution in [2.24, 2.45) is 29.4 Å². The summed E-state index contributed by atoms with van der Waals surface area (Å²) in [5, 5.41) is 0. The van der Waals surface area contributed by atoms with Crippen molar-refractivity contribution in [3.63, 3.8) is 0 Å². The molecule has 1 heteroatoms. The largest absolute Gasteiger partial charge is 0.324 e. The summed E-state index contributed by atoms with van der Waals surface area (Å²) in [4.78, 5) is 0. The summed E-state index contributed by atoms with van der Waals surface area (Å²) in [7, 11) is 0. The first-order chi connectivity index (χ1) is 8.74. The van der Waals surface area contributed by atoms with E-state index in [4.69, 9.17) is 5.73 Å². The van der Waals surface area contributed by atoms with Crippen LogP contribution in [0.3, 0.4) is 0 Å². The van der Waals surface area contributed by atoms with E-state index in [1.807, 2.05) is 0 Å².